The highest BCUT2D eigenvalue weighted by Crippen LogP contribution is 2.30. The molecule has 0 saturated carbocycles. The van der Waals surface area contributed by atoms with E-state index in [0.717, 1.165) is 43.2 Å². The second-order valence-electron chi connectivity index (χ2n) is 9.70. The Morgan fingerprint density at radius 3 is 2.29 bits per heavy atom. The summed E-state index contributed by atoms with van der Waals surface area (Å²) in [7, 11) is 0. The number of rotatable bonds is 18. The maximum absolute atomic E-state index is 13.6. The third-order valence-electron chi connectivity index (χ3n) is 6.55. The Hall–Kier alpha value is -3.47. The molecule has 226 valence electrons. The maximum atomic E-state index is 13.6. The van der Waals surface area contributed by atoms with Crippen molar-refractivity contribution in [1.29, 1.82) is 0 Å². The molecule has 1 unspecified atom stereocenters. The van der Waals surface area contributed by atoms with Gasteiger partial charge in [-0.25, -0.2) is 4.39 Å². The van der Waals surface area contributed by atoms with E-state index >= 15 is 0 Å². The minimum Gasteiger partial charge on any atom is -0.768 e. The summed E-state index contributed by atoms with van der Waals surface area (Å²) in [6.45, 7) is 0.616. The van der Waals surface area contributed by atoms with E-state index in [1.54, 1.807) is 12.1 Å². The van der Waals surface area contributed by atoms with Crippen LogP contribution in [0.3, 0.4) is 0 Å². The van der Waals surface area contributed by atoms with Crippen LogP contribution in [0.1, 0.15) is 56.1 Å². The summed E-state index contributed by atoms with van der Waals surface area (Å²) >= 11 is 3.42. The zero-order valence-electron chi connectivity index (χ0n) is 23.0. The molecule has 0 fully saturated rings. The van der Waals surface area contributed by atoms with E-state index in [0.29, 0.717) is 42.1 Å². The normalized spacial score (nSPS) is 11.7. The molecule has 0 aliphatic heterocycles. The summed E-state index contributed by atoms with van der Waals surface area (Å²) in [6.07, 6.45) is 4.76. The molecule has 0 aromatic heterocycles. The van der Waals surface area contributed by atoms with Crippen LogP contribution in [-0.4, -0.2) is 44.1 Å². The minimum absolute atomic E-state index is 0.00172. The van der Waals surface area contributed by atoms with Crippen molar-refractivity contribution < 1.29 is 42.4 Å². The Balaban J connectivity index is 1.52. The van der Waals surface area contributed by atoms with Crippen LogP contribution in [-0.2, 0) is 33.5 Å². The van der Waals surface area contributed by atoms with E-state index in [1.165, 1.54) is 30.3 Å². The number of unbranched alkanes of at least 4 members (excludes halogenated alkanes) is 3. The van der Waals surface area contributed by atoms with Crippen molar-refractivity contribution in [3.8, 4) is 22.6 Å². The smallest absolute Gasteiger partial charge is 0.303 e. The van der Waals surface area contributed by atoms with Gasteiger partial charge in [0, 0.05) is 17.7 Å². The number of carbonyl (C=O) groups is 2. The molecule has 3 rings (SSSR count). The van der Waals surface area contributed by atoms with Gasteiger partial charge in [0.05, 0.1) is 18.2 Å². The molecule has 0 radical (unpaired) electrons. The predicted molar refractivity (Wildman–Crippen MR) is 156 cm³/mol. The van der Waals surface area contributed by atoms with Gasteiger partial charge in [-0.3, -0.25) is 13.8 Å². The molecular weight excluding hydrogens is 587 g/mol. The lowest BCUT2D eigenvalue weighted by atomic mass is 9.97. The molecule has 0 heterocycles. The van der Waals surface area contributed by atoms with Gasteiger partial charge in [-0.05, 0) is 102 Å². The summed E-state index contributed by atoms with van der Waals surface area (Å²) in [6, 6.07) is 14.4. The van der Waals surface area contributed by atoms with Crippen molar-refractivity contribution in [2.45, 2.75) is 62.7 Å². The van der Waals surface area contributed by atoms with E-state index in [1.807, 2.05) is 12.1 Å². The van der Waals surface area contributed by atoms with Crippen molar-refractivity contribution in [1.82, 2.24) is 0 Å². The fourth-order valence-electron chi connectivity index (χ4n) is 4.46. The van der Waals surface area contributed by atoms with Gasteiger partial charge in [-0.1, -0.05) is 42.6 Å². The Bertz CT molecular complexity index is 1400. The Morgan fingerprint density at radius 2 is 1.57 bits per heavy atom. The molecule has 8 nitrogen and oxygen atoms in total. The SMILES string of the molecule is O=C(O)CCCOc1cccc(CCCCCCOc2cc(-c3ccc(F)c(Cl)c3)cc(S(=O)[O-])c2)c1CCC(=O)O. The first-order valence-electron chi connectivity index (χ1n) is 13.6. The number of hydrogen-bond donors (Lipinski definition) is 2. The number of carboxylic acids is 2. The van der Waals surface area contributed by atoms with Gasteiger partial charge in [-0.15, -0.1) is 0 Å². The molecule has 0 aliphatic carbocycles. The van der Waals surface area contributed by atoms with E-state index in [4.69, 9.17) is 26.2 Å². The van der Waals surface area contributed by atoms with Crippen LogP contribution in [0.25, 0.3) is 11.1 Å². The largest absolute Gasteiger partial charge is 0.768 e. The number of benzene rings is 3. The molecular formula is C31H33ClFO8S-. The maximum Gasteiger partial charge on any atom is 0.303 e. The monoisotopic (exact) mass is 619 g/mol. The van der Waals surface area contributed by atoms with Crippen LogP contribution in [0.2, 0.25) is 5.02 Å². The molecule has 2 N–H and O–H groups in total. The minimum atomic E-state index is -2.48. The number of aryl methyl sites for hydroxylation is 1. The number of ether oxygens (including phenoxy) is 2. The molecule has 0 amide bonds. The van der Waals surface area contributed by atoms with Crippen LogP contribution >= 0.6 is 11.6 Å². The Morgan fingerprint density at radius 1 is 0.833 bits per heavy atom. The zero-order valence-corrected chi connectivity index (χ0v) is 24.6. The lowest BCUT2D eigenvalue weighted by molar-refractivity contribution is -0.138. The van der Waals surface area contributed by atoms with E-state index in [-0.39, 0.29) is 29.4 Å². The van der Waals surface area contributed by atoms with Crippen LogP contribution in [0.5, 0.6) is 11.5 Å². The second kappa shape index (κ2) is 16.8. The highest BCUT2D eigenvalue weighted by molar-refractivity contribution is 7.79. The van der Waals surface area contributed by atoms with Crippen LogP contribution in [0.15, 0.2) is 59.5 Å². The quantitative estimate of drug-likeness (QED) is 0.117. The number of hydrogen-bond acceptors (Lipinski definition) is 6. The average Bonchev–Trinajstić information content (AvgIpc) is 2.95. The van der Waals surface area contributed by atoms with Crippen LogP contribution in [0, 0.1) is 5.82 Å². The van der Waals surface area contributed by atoms with Crippen LogP contribution < -0.4 is 9.47 Å². The van der Waals surface area contributed by atoms with Gasteiger partial charge >= 0.3 is 11.9 Å². The summed E-state index contributed by atoms with van der Waals surface area (Å²) in [5, 5.41) is 17.9. The summed E-state index contributed by atoms with van der Waals surface area (Å²) in [5.41, 5.74) is 2.96. The molecule has 0 saturated heterocycles. The molecule has 3 aromatic carbocycles. The van der Waals surface area contributed by atoms with E-state index in [2.05, 4.69) is 0 Å². The van der Waals surface area contributed by atoms with Crippen molar-refractivity contribution in [3.05, 3.63) is 76.6 Å². The van der Waals surface area contributed by atoms with Crippen LogP contribution in [0.4, 0.5) is 4.39 Å². The lowest BCUT2D eigenvalue weighted by Gasteiger charge is -2.15. The fourth-order valence-corrected chi connectivity index (χ4v) is 5.07. The molecule has 0 spiro atoms. The predicted octanol–water partition coefficient (Wildman–Crippen LogP) is 6.83. The van der Waals surface area contributed by atoms with E-state index < -0.39 is 28.8 Å². The fraction of sp³-hybridized carbons (Fsp3) is 0.355. The highest BCUT2D eigenvalue weighted by atomic mass is 35.5. The van der Waals surface area contributed by atoms with Crippen molar-refractivity contribution in [2.24, 2.45) is 0 Å². The lowest BCUT2D eigenvalue weighted by Crippen LogP contribution is -2.07. The van der Waals surface area contributed by atoms with Gasteiger partial charge in [0.25, 0.3) is 0 Å². The number of aliphatic carboxylic acids is 2. The van der Waals surface area contributed by atoms with Crippen molar-refractivity contribution >= 4 is 34.6 Å². The Kier molecular flexibility index (Phi) is 13.2. The highest BCUT2D eigenvalue weighted by Gasteiger charge is 2.12. The molecule has 0 bridgehead atoms. The zero-order chi connectivity index (χ0) is 30.5. The van der Waals surface area contributed by atoms with Gasteiger partial charge in [-0.2, -0.15) is 0 Å². The first-order chi connectivity index (χ1) is 20.1. The third-order valence-corrected chi connectivity index (χ3v) is 7.46. The van der Waals surface area contributed by atoms with Gasteiger partial charge in [0.1, 0.15) is 17.3 Å². The molecule has 0 aliphatic rings. The molecule has 11 heteroatoms. The summed E-state index contributed by atoms with van der Waals surface area (Å²) < 4.78 is 48.5. The van der Waals surface area contributed by atoms with Gasteiger partial charge in [0.15, 0.2) is 0 Å². The molecule has 42 heavy (non-hydrogen) atoms. The third kappa shape index (κ3) is 10.7. The first kappa shape index (κ1) is 33.0. The first-order valence-corrected chi connectivity index (χ1v) is 15.1. The molecule has 1 atom stereocenters. The summed E-state index contributed by atoms with van der Waals surface area (Å²) in [4.78, 5) is 22.0. The number of carboxylic acid groups (broad SMARTS) is 2. The summed E-state index contributed by atoms with van der Waals surface area (Å²) in [5.74, 6) is -1.38. The van der Waals surface area contributed by atoms with Gasteiger partial charge < -0.3 is 24.2 Å². The van der Waals surface area contributed by atoms with Gasteiger partial charge in [0.2, 0.25) is 0 Å². The molecule has 3 aromatic rings. The average molecular weight is 620 g/mol. The van der Waals surface area contributed by atoms with E-state index in [9.17, 15) is 27.8 Å². The topological polar surface area (TPSA) is 133 Å². The number of halogens is 2. The Labute approximate surface area is 251 Å². The second-order valence-corrected chi connectivity index (χ2v) is 11.1. The van der Waals surface area contributed by atoms with Crippen molar-refractivity contribution in [3.63, 3.8) is 0 Å². The van der Waals surface area contributed by atoms with Crippen molar-refractivity contribution in [2.75, 3.05) is 13.2 Å². The standard InChI is InChI=1S/C31H34ClFO8S/c32-27-19-22(11-13-28(27)33)23-17-24(20-25(18-23)42(38)39)40-15-4-2-1-3-7-21-8-5-9-29(26(21)12-14-31(36)37)41-16-6-10-30(34)35/h5,8-9,11,13,17-20H,1-4,6-7,10,12,14-16H2,(H,34,35)(H,36,37)(H,38,39)/p-1.